The second kappa shape index (κ2) is 8.17. The largest absolute Gasteiger partial charge is 0.445 e. The summed E-state index contributed by atoms with van der Waals surface area (Å²) < 4.78 is 5.35. The summed E-state index contributed by atoms with van der Waals surface area (Å²) in [5.41, 5.74) is 5.92. The van der Waals surface area contributed by atoms with Gasteiger partial charge in [-0.1, -0.05) is 0 Å². The summed E-state index contributed by atoms with van der Waals surface area (Å²) in [6.45, 7) is 0.411. The number of likely N-dealkylation sites (tertiary alicyclic amines) is 1. The van der Waals surface area contributed by atoms with Crippen LogP contribution in [0.3, 0.4) is 0 Å². The first-order chi connectivity index (χ1) is 12.8. The van der Waals surface area contributed by atoms with Gasteiger partial charge in [0.1, 0.15) is 12.6 Å². The standard InChI is InChI=1S/C16H18N4O5S2/c17-14(21)12-8-27-15(18-12)13-5-11(26)6-19(13)16(22)25-7-9-1-3-10(4-2-9)20(23)24/h1-4,11-13,26H,5-8H2,(H2,17,21). The molecular formula is C16H18N4O5S2. The van der Waals surface area contributed by atoms with E-state index < -0.39 is 23.0 Å². The van der Waals surface area contributed by atoms with E-state index in [1.54, 1.807) is 17.0 Å². The Labute approximate surface area is 164 Å². The maximum absolute atomic E-state index is 12.5. The van der Waals surface area contributed by atoms with Crippen molar-refractivity contribution < 1.29 is 19.2 Å². The fourth-order valence-electron chi connectivity index (χ4n) is 2.91. The molecule has 3 atom stereocenters. The van der Waals surface area contributed by atoms with Gasteiger partial charge >= 0.3 is 6.09 Å². The molecule has 1 saturated heterocycles. The quantitative estimate of drug-likeness (QED) is 0.431. The maximum Gasteiger partial charge on any atom is 0.410 e. The van der Waals surface area contributed by atoms with Crippen molar-refractivity contribution in [2.75, 3.05) is 12.3 Å². The number of benzene rings is 1. The molecule has 1 aromatic carbocycles. The summed E-state index contributed by atoms with van der Waals surface area (Å²) in [5, 5.41) is 11.4. The van der Waals surface area contributed by atoms with Crippen molar-refractivity contribution in [3.8, 4) is 0 Å². The molecule has 9 nitrogen and oxygen atoms in total. The zero-order chi connectivity index (χ0) is 19.6. The van der Waals surface area contributed by atoms with E-state index >= 15 is 0 Å². The first-order valence-corrected chi connectivity index (χ1v) is 9.70. The SMILES string of the molecule is NC(=O)C1CSC(C2CC(S)CN2C(=O)OCc2ccc([N+](=O)[O-])cc2)=N1. The fraction of sp³-hybridized carbons (Fsp3) is 0.438. The van der Waals surface area contributed by atoms with E-state index in [2.05, 4.69) is 17.6 Å². The van der Waals surface area contributed by atoms with Gasteiger partial charge in [0, 0.05) is 29.7 Å². The Bertz CT molecular complexity index is 786. The van der Waals surface area contributed by atoms with Crippen LogP contribution in [-0.2, 0) is 16.1 Å². The van der Waals surface area contributed by atoms with Crippen LogP contribution in [0, 0.1) is 10.1 Å². The average Bonchev–Trinajstić information content (AvgIpc) is 3.26. The van der Waals surface area contributed by atoms with Gasteiger partial charge in [0.25, 0.3) is 5.69 Å². The summed E-state index contributed by atoms with van der Waals surface area (Å²) in [5.74, 6) is -0.00500. The lowest BCUT2D eigenvalue weighted by atomic mass is 10.2. The van der Waals surface area contributed by atoms with Crippen LogP contribution in [0.1, 0.15) is 12.0 Å². The number of nitrogens with zero attached hydrogens (tertiary/aromatic N) is 3. The van der Waals surface area contributed by atoms with Crippen LogP contribution in [0.15, 0.2) is 29.3 Å². The van der Waals surface area contributed by atoms with E-state index in [-0.39, 0.29) is 23.6 Å². The van der Waals surface area contributed by atoms with Gasteiger partial charge in [-0.2, -0.15) is 12.6 Å². The molecule has 11 heteroatoms. The van der Waals surface area contributed by atoms with Crippen LogP contribution in [0.5, 0.6) is 0 Å². The van der Waals surface area contributed by atoms with Crippen molar-refractivity contribution in [3.63, 3.8) is 0 Å². The molecule has 2 N–H and O–H groups in total. The van der Waals surface area contributed by atoms with Crippen molar-refractivity contribution in [1.82, 2.24) is 4.90 Å². The second-order valence-corrected chi connectivity index (χ2v) is 8.00. The van der Waals surface area contributed by atoms with Crippen LogP contribution >= 0.6 is 24.4 Å². The summed E-state index contributed by atoms with van der Waals surface area (Å²) in [4.78, 5) is 39.9. The van der Waals surface area contributed by atoms with Gasteiger partial charge in [-0.3, -0.25) is 24.8 Å². The topological polar surface area (TPSA) is 128 Å². The molecule has 1 fully saturated rings. The Kier molecular flexibility index (Phi) is 5.90. The Morgan fingerprint density at radius 1 is 1.41 bits per heavy atom. The number of carbonyl (C=O) groups excluding carboxylic acids is 2. The number of primary amides is 1. The molecule has 3 rings (SSSR count). The third kappa shape index (κ3) is 4.53. The number of thiol groups is 1. The van der Waals surface area contributed by atoms with E-state index in [1.165, 1.54) is 23.9 Å². The van der Waals surface area contributed by atoms with Crippen molar-refractivity contribution in [2.45, 2.75) is 30.4 Å². The summed E-state index contributed by atoms with van der Waals surface area (Å²) >= 11 is 5.88. The summed E-state index contributed by atoms with van der Waals surface area (Å²) in [6.07, 6.45) is 0.105. The van der Waals surface area contributed by atoms with Crippen molar-refractivity contribution in [2.24, 2.45) is 10.7 Å². The predicted molar refractivity (Wildman–Crippen MR) is 104 cm³/mol. The number of thioether (sulfide) groups is 1. The molecule has 0 radical (unpaired) electrons. The Balaban J connectivity index is 1.63. The molecule has 0 spiro atoms. The molecule has 0 bridgehead atoms. The smallest absolute Gasteiger partial charge is 0.410 e. The number of nitro benzene ring substituents is 1. The van der Waals surface area contributed by atoms with E-state index in [9.17, 15) is 19.7 Å². The number of hydrogen-bond acceptors (Lipinski definition) is 8. The molecule has 2 aliphatic heterocycles. The molecule has 0 aliphatic carbocycles. The summed E-state index contributed by atoms with van der Waals surface area (Å²) in [6, 6.07) is 4.96. The van der Waals surface area contributed by atoms with Crippen molar-refractivity contribution in [3.05, 3.63) is 39.9 Å². The zero-order valence-corrected chi connectivity index (χ0v) is 15.9. The Hall–Kier alpha value is -2.27. The van der Waals surface area contributed by atoms with E-state index in [1.807, 2.05) is 0 Å². The molecule has 1 aromatic rings. The van der Waals surface area contributed by atoms with Crippen LogP contribution in [0.4, 0.5) is 10.5 Å². The number of hydrogen-bond donors (Lipinski definition) is 2. The van der Waals surface area contributed by atoms with Crippen LogP contribution < -0.4 is 5.73 Å². The van der Waals surface area contributed by atoms with Crippen LogP contribution in [0.25, 0.3) is 0 Å². The lowest BCUT2D eigenvalue weighted by Gasteiger charge is -2.23. The van der Waals surface area contributed by atoms with E-state index in [4.69, 9.17) is 10.5 Å². The lowest BCUT2D eigenvalue weighted by Crippen LogP contribution is -2.39. The summed E-state index contributed by atoms with van der Waals surface area (Å²) in [7, 11) is 0. The Morgan fingerprint density at radius 3 is 2.70 bits per heavy atom. The maximum atomic E-state index is 12.5. The number of ether oxygens (including phenoxy) is 1. The monoisotopic (exact) mass is 410 g/mol. The predicted octanol–water partition coefficient (Wildman–Crippen LogP) is 1.60. The zero-order valence-electron chi connectivity index (χ0n) is 14.2. The highest BCUT2D eigenvalue weighted by atomic mass is 32.2. The van der Waals surface area contributed by atoms with Crippen molar-refractivity contribution in [1.29, 1.82) is 0 Å². The molecular weight excluding hydrogens is 392 g/mol. The molecule has 2 aliphatic rings. The number of nitro groups is 1. The fourth-order valence-corrected chi connectivity index (χ4v) is 4.47. The molecule has 2 heterocycles. The molecule has 0 saturated carbocycles. The van der Waals surface area contributed by atoms with Gasteiger partial charge in [0.2, 0.25) is 5.91 Å². The first kappa shape index (κ1) is 19.5. The minimum absolute atomic E-state index is 0.000809. The van der Waals surface area contributed by atoms with E-state index in [0.29, 0.717) is 29.3 Å². The highest BCUT2D eigenvalue weighted by Gasteiger charge is 2.40. The number of nitrogens with two attached hydrogens (primary N) is 1. The molecule has 0 aromatic heterocycles. The number of amides is 2. The van der Waals surface area contributed by atoms with Gasteiger partial charge in [-0.15, -0.1) is 11.8 Å². The first-order valence-electron chi connectivity index (χ1n) is 8.19. The highest BCUT2D eigenvalue weighted by Crippen LogP contribution is 2.31. The number of non-ortho nitro benzene ring substituents is 1. The molecule has 27 heavy (non-hydrogen) atoms. The number of carbonyl (C=O) groups is 2. The van der Waals surface area contributed by atoms with Gasteiger partial charge in [-0.05, 0) is 24.1 Å². The van der Waals surface area contributed by atoms with Crippen LogP contribution in [0.2, 0.25) is 0 Å². The molecule has 144 valence electrons. The van der Waals surface area contributed by atoms with Crippen molar-refractivity contribution >= 4 is 47.1 Å². The molecule has 3 unspecified atom stereocenters. The van der Waals surface area contributed by atoms with E-state index in [0.717, 1.165) is 0 Å². The second-order valence-electron chi connectivity index (χ2n) is 6.23. The van der Waals surface area contributed by atoms with Gasteiger partial charge < -0.3 is 10.5 Å². The van der Waals surface area contributed by atoms with Gasteiger partial charge in [0.05, 0.1) is 16.0 Å². The Morgan fingerprint density at radius 2 is 2.11 bits per heavy atom. The normalized spacial score (nSPS) is 24.6. The number of rotatable bonds is 5. The third-order valence-corrected chi connectivity index (χ3v) is 5.84. The minimum atomic E-state index is -0.568. The average molecular weight is 410 g/mol. The minimum Gasteiger partial charge on any atom is -0.445 e. The highest BCUT2D eigenvalue weighted by molar-refractivity contribution is 8.14. The van der Waals surface area contributed by atoms with Crippen LogP contribution in [-0.4, -0.2) is 56.5 Å². The lowest BCUT2D eigenvalue weighted by molar-refractivity contribution is -0.384. The number of aliphatic imine (C=N–C) groups is 1. The third-order valence-electron chi connectivity index (χ3n) is 4.31. The molecule has 2 amide bonds. The van der Waals surface area contributed by atoms with Gasteiger partial charge in [-0.25, -0.2) is 4.79 Å². The van der Waals surface area contributed by atoms with Gasteiger partial charge in [0.15, 0.2) is 0 Å².